The molecule has 20 heavy (non-hydrogen) atoms. The number of fused-ring (bicyclic) bond motifs is 1. The zero-order valence-corrected chi connectivity index (χ0v) is 11.7. The van der Waals surface area contributed by atoms with Crippen LogP contribution in [0.5, 0.6) is 5.75 Å². The Labute approximate surface area is 120 Å². The van der Waals surface area contributed by atoms with Gasteiger partial charge in [-0.25, -0.2) is 0 Å². The minimum Gasteiger partial charge on any atom is -0.493 e. The molecule has 0 fully saturated rings. The molecule has 0 bridgehead atoms. The minimum absolute atomic E-state index is 0.0932. The first-order valence-corrected chi connectivity index (χ1v) is 7.38. The standard InChI is InChI=1S/C18H21NO/c19-17(14-6-2-1-3-7-14)12-11-16-9-4-8-15-10-5-13-20-18(15)16/h1-4,6-9,17H,5,10-13,19H2. The topological polar surface area (TPSA) is 35.2 Å². The number of para-hydroxylation sites is 1. The van der Waals surface area contributed by atoms with Crippen LogP contribution in [0.4, 0.5) is 0 Å². The van der Waals surface area contributed by atoms with Gasteiger partial charge < -0.3 is 10.5 Å². The Kier molecular flexibility index (Phi) is 4.03. The lowest BCUT2D eigenvalue weighted by molar-refractivity contribution is 0.285. The summed E-state index contributed by atoms with van der Waals surface area (Å²) in [5.74, 6) is 1.11. The van der Waals surface area contributed by atoms with Crippen LogP contribution in [0.2, 0.25) is 0 Å². The Hall–Kier alpha value is -1.80. The zero-order valence-electron chi connectivity index (χ0n) is 11.7. The molecule has 0 spiro atoms. The molecule has 2 aromatic carbocycles. The van der Waals surface area contributed by atoms with Crippen molar-refractivity contribution < 1.29 is 4.74 Å². The predicted molar refractivity (Wildman–Crippen MR) is 81.9 cm³/mol. The van der Waals surface area contributed by atoms with Crippen molar-refractivity contribution in [3.05, 3.63) is 65.2 Å². The van der Waals surface area contributed by atoms with E-state index in [1.807, 2.05) is 18.2 Å². The van der Waals surface area contributed by atoms with Crippen molar-refractivity contribution in [2.45, 2.75) is 31.7 Å². The molecule has 1 unspecified atom stereocenters. The molecule has 0 radical (unpaired) electrons. The van der Waals surface area contributed by atoms with E-state index >= 15 is 0 Å². The van der Waals surface area contributed by atoms with Gasteiger partial charge in [0.05, 0.1) is 6.61 Å². The van der Waals surface area contributed by atoms with E-state index in [-0.39, 0.29) is 6.04 Å². The van der Waals surface area contributed by atoms with Crippen molar-refractivity contribution in [3.63, 3.8) is 0 Å². The maximum Gasteiger partial charge on any atom is 0.125 e. The first kappa shape index (κ1) is 13.2. The highest BCUT2D eigenvalue weighted by Crippen LogP contribution is 2.30. The average molecular weight is 267 g/mol. The van der Waals surface area contributed by atoms with Gasteiger partial charge in [0, 0.05) is 6.04 Å². The van der Waals surface area contributed by atoms with Crippen molar-refractivity contribution in [2.24, 2.45) is 5.73 Å². The Balaban J connectivity index is 1.70. The third kappa shape index (κ3) is 2.86. The molecule has 2 aromatic rings. The molecular weight excluding hydrogens is 246 g/mol. The average Bonchev–Trinajstić information content (AvgIpc) is 2.53. The van der Waals surface area contributed by atoms with E-state index < -0.39 is 0 Å². The van der Waals surface area contributed by atoms with Gasteiger partial charge >= 0.3 is 0 Å². The quantitative estimate of drug-likeness (QED) is 0.917. The maximum absolute atomic E-state index is 6.28. The molecule has 0 aromatic heterocycles. The van der Waals surface area contributed by atoms with Crippen LogP contribution in [-0.2, 0) is 12.8 Å². The summed E-state index contributed by atoms with van der Waals surface area (Å²) in [6, 6.07) is 16.9. The Morgan fingerprint density at radius 3 is 2.75 bits per heavy atom. The van der Waals surface area contributed by atoms with E-state index in [2.05, 4.69) is 30.3 Å². The number of hydrogen-bond acceptors (Lipinski definition) is 2. The predicted octanol–water partition coefficient (Wildman–Crippen LogP) is 3.64. The van der Waals surface area contributed by atoms with Crippen LogP contribution >= 0.6 is 0 Å². The van der Waals surface area contributed by atoms with Gasteiger partial charge in [0.15, 0.2) is 0 Å². The molecule has 2 N–H and O–H groups in total. The molecule has 0 aliphatic carbocycles. The second kappa shape index (κ2) is 6.10. The van der Waals surface area contributed by atoms with Gasteiger partial charge in [-0.3, -0.25) is 0 Å². The second-order valence-electron chi connectivity index (χ2n) is 5.41. The number of nitrogens with two attached hydrogens (primary N) is 1. The second-order valence-corrected chi connectivity index (χ2v) is 5.41. The Morgan fingerprint density at radius 1 is 1.05 bits per heavy atom. The molecule has 3 rings (SSSR count). The number of hydrogen-bond donors (Lipinski definition) is 1. The van der Waals surface area contributed by atoms with Crippen molar-refractivity contribution in [1.29, 1.82) is 0 Å². The normalized spacial score (nSPS) is 15.2. The van der Waals surface area contributed by atoms with E-state index in [1.165, 1.54) is 16.7 Å². The van der Waals surface area contributed by atoms with E-state index in [0.717, 1.165) is 38.0 Å². The molecule has 0 amide bonds. The summed E-state index contributed by atoms with van der Waals surface area (Å²) in [7, 11) is 0. The highest BCUT2D eigenvalue weighted by molar-refractivity contribution is 5.43. The third-order valence-electron chi connectivity index (χ3n) is 3.97. The molecule has 0 saturated carbocycles. The lowest BCUT2D eigenvalue weighted by atomic mass is 9.96. The highest BCUT2D eigenvalue weighted by atomic mass is 16.5. The van der Waals surface area contributed by atoms with Gasteiger partial charge in [0.1, 0.15) is 5.75 Å². The fourth-order valence-electron chi connectivity index (χ4n) is 2.83. The van der Waals surface area contributed by atoms with Crippen molar-refractivity contribution in [1.82, 2.24) is 0 Å². The number of rotatable bonds is 4. The van der Waals surface area contributed by atoms with Crippen molar-refractivity contribution in [2.75, 3.05) is 6.61 Å². The minimum atomic E-state index is 0.0932. The van der Waals surface area contributed by atoms with Crippen LogP contribution in [-0.4, -0.2) is 6.61 Å². The fourth-order valence-corrected chi connectivity index (χ4v) is 2.83. The summed E-state index contributed by atoms with van der Waals surface area (Å²) in [5.41, 5.74) is 10.1. The van der Waals surface area contributed by atoms with Crippen LogP contribution in [0.3, 0.4) is 0 Å². The van der Waals surface area contributed by atoms with Gasteiger partial charge in [-0.05, 0) is 42.4 Å². The van der Waals surface area contributed by atoms with Crippen LogP contribution in [0.15, 0.2) is 48.5 Å². The Morgan fingerprint density at radius 2 is 1.90 bits per heavy atom. The number of aryl methyl sites for hydroxylation is 2. The molecule has 0 saturated heterocycles. The van der Waals surface area contributed by atoms with Crippen LogP contribution < -0.4 is 10.5 Å². The smallest absolute Gasteiger partial charge is 0.125 e. The van der Waals surface area contributed by atoms with Crippen molar-refractivity contribution in [3.8, 4) is 5.75 Å². The van der Waals surface area contributed by atoms with Crippen molar-refractivity contribution >= 4 is 0 Å². The highest BCUT2D eigenvalue weighted by Gasteiger charge is 2.15. The van der Waals surface area contributed by atoms with Gasteiger partial charge in [-0.1, -0.05) is 48.5 Å². The lowest BCUT2D eigenvalue weighted by Gasteiger charge is -2.21. The van der Waals surface area contributed by atoms with Crippen LogP contribution in [0.1, 0.15) is 35.6 Å². The molecule has 1 aliphatic rings. The largest absolute Gasteiger partial charge is 0.493 e. The summed E-state index contributed by atoms with van der Waals surface area (Å²) >= 11 is 0. The summed E-state index contributed by atoms with van der Waals surface area (Å²) < 4.78 is 5.85. The molecule has 104 valence electrons. The summed E-state index contributed by atoms with van der Waals surface area (Å²) in [5, 5.41) is 0. The fraction of sp³-hybridized carbons (Fsp3) is 0.333. The van der Waals surface area contributed by atoms with E-state index in [0.29, 0.717) is 0 Å². The lowest BCUT2D eigenvalue weighted by Crippen LogP contribution is -2.13. The molecule has 1 atom stereocenters. The molecule has 2 nitrogen and oxygen atoms in total. The number of ether oxygens (including phenoxy) is 1. The Bertz CT molecular complexity index is 565. The zero-order chi connectivity index (χ0) is 13.8. The van der Waals surface area contributed by atoms with E-state index in [9.17, 15) is 0 Å². The summed E-state index contributed by atoms with van der Waals surface area (Å²) in [4.78, 5) is 0. The summed E-state index contributed by atoms with van der Waals surface area (Å²) in [6.07, 6.45) is 4.18. The van der Waals surface area contributed by atoms with Crippen LogP contribution in [0, 0.1) is 0 Å². The summed E-state index contributed by atoms with van der Waals surface area (Å²) in [6.45, 7) is 0.842. The van der Waals surface area contributed by atoms with Gasteiger partial charge in [-0.15, -0.1) is 0 Å². The molecular formula is C18H21NO. The van der Waals surface area contributed by atoms with Crippen LogP contribution in [0.25, 0.3) is 0 Å². The first-order valence-electron chi connectivity index (χ1n) is 7.38. The maximum atomic E-state index is 6.28. The molecule has 1 heterocycles. The SMILES string of the molecule is NC(CCc1cccc2c1OCCC2)c1ccccc1. The van der Waals surface area contributed by atoms with Gasteiger partial charge in [0.25, 0.3) is 0 Å². The third-order valence-corrected chi connectivity index (χ3v) is 3.97. The first-order chi connectivity index (χ1) is 9.84. The molecule has 2 heteroatoms. The van der Waals surface area contributed by atoms with E-state index in [4.69, 9.17) is 10.5 Å². The van der Waals surface area contributed by atoms with E-state index in [1.54, 1.807) is 0 Å². The van der Waals surface area contributed by atoms with Gasteiger partial charge in [-0.2, -0.15) is 0 Å². The monoisotopic (exact) mass is 267 g/mol. The number of benzene rings is 2. The molecule has 1 aliphatic heterocycles. The van der Waals surface area contributed by atoms with Gasteiger partial charge in [0.2, 0.25) is 0 Å².